The maximum absolute atomic E-state index is 11.5. The molecule has 0 aromatic heterocycles. The molecule has 1 heteroatoms. The lowest BCUT2D eigenvalue weighted by atomic mass is 9.81. The van der Waals surface area contributed by atoms with Crippen molar-refractivity contribution >= 4 is 5.78 Å². The molecule has 1 fully saturated rings. The summed E-state index contributed by atoms with van der Waals surface area (Å²) in [5.74, 6) is 1.21. The number of hydrogen-bond acceptors (Lipinski definition) is 1. The van der Waals surface area contributed by atoms with Gasteiger partial charge in [-0.15, -0.1) is 0 Å². The number of Topliss-reactive ketones (excluding diaryl/α,β-unsaturated/α-hetero) is 1. The number of fused-ring (bicyclic) bond motifs is 7. The minimum Gasteiger partial charge on any atom is -0.300 e. The van der Waals surface area contributed by atoms with Crippen LogP contribution in [0.5, 0.6) is 0 Å². The van der Waals surface area contributed by atoms with Gasteiger partial charge < -0.3 is 0 Å². The monoisotopic (exact) mass is 178 g/mol. The lowest BCUT2D eigenvalue weighted by Gasteiger charge is -2.24. The molecule has 0 N–H and O–H groups in total. The van der Waals surface area contributed by atoms with Gasteiger partial charge in [-0.05, 0) is 44.4 Å². The van der Waals surface area contributed by atoms with Gasteiger partial charge in [0.2, 0.25) is 0 Å². The molecular formula is C12H18O. The minimum atomic E-state index is 0.503. The molecule has 0 aromatic carbocycles. The fourth-order valence-corrected chi connectivity index (χ4v) is 2.49. The Morgan fingerprint density at radius 2 is 1.92 bits per heavy atom. The van der Waals surface area contributed by atoms with Crippen LogP contribution in [0.3, 0.4) is 0 Å². The Balaban J connectivity index is 2.04. The molecule has 0 aliphatic heterocycles. The van der Waals surface area contributed by atoms with Crippen molar-refractivity contribution < 1.29 is 4.79 Å². The van der Waals surface area contributed by atoms with Crippen molar-refractivity contribution in [2.75, 3.05) is 0 Å². The van der Waals surface area contributed by atoms with Crippen LogP contribution in [0.15, 0.2) is 11.6 Å². The van der Waals surface area contributed by atoms with Gasteiger partial charge in [-0.2, -0.15) is 0 Å². The summed E-state index contributed by atoms with van der Waals surface area (Å²) in [6.07, 6.45) is 11.3. The second kappa shape index (κ2) is 4.08. The number of allylic oxidation sites excluding steroid dienone is 2. The van der Waals surface area contributed by atoms with Gasteiger partial charge in [0.15, 0.2) is 0 Å². The highest BCUT2D eigenvalue weighted by molar-refractivity contribution is 5.78. The Morgan fingerprint density at radius 3 is 2.69 bits per heavy atom. The number of rotatable bonds is 0. The van der Waals surface area contributed by atoms with Crippen LogP contribution >= 0.6 is 0 Å². The van der Waals surface area contributed by atoms with E-state index in [2.05, 4.69) is 6.08 Å². The normalized spacial score (nSPS) is 30.0. The molecule has 2 bridgehead atoms. The molecule has 0 aromatic rings. The quantitative estimate of drug-likeness (QED) is 0.520. The zero-order chi connectivity index (χ0) is 9.10. The molecule has 0 amide bonds. The topological polar surface area (TPSA) is 17.1 Å². The SMILES string of the molecule is O=C1CCCC=C2CCC(CC2)C1. The zero-order valence-electron chi connectivity index (χ0n) is 8.22. The second-order valence-electron chi connectivity index (χ2n) is 4.44. The van der Waals surface area contributed by atoms with Gasteiger partial charge in [0, 0.05) is 12.8 Å². The summed E-state index contributed by atoms with van der Waals surface area (Å²) in [4.78, 5) is 11.5. The molecule has 72 valence electrons. The lowest BCUT2D eigenvalue weighted by molar-refractivity contribution is -0.120. The Hall–Kier alpha value is -0.590. The second-order valence-corrected chi connectivity index (χ2v) is 4.44. The van der Waals surface area contributed by atoms with Crippen molar-refractivity contribution in [1.29, 1.82) is 0 Å². The highest BCUT2D eigenvalue weighted by Gasteiger charge is 2.19. The predicted molar refractivity (Wildman–Crippen MR) is 53.5 cm³/mol. The summed E-state index contributed by atoms with van der Waals surface area (Å²) < 4.78 is 0. The number of carbonyl (C=O) groups excluding carboxylic acids is 1. The van der Waals surface area contributed by atoms with E-state index in [1.54, 1.807) is 5.57 Å². The summed E-state index contributed by atoms with van der Waals surface area (Å²) >= 11 is 0. The standard InChI is InChI=1S/C12H18O/c13-12-4-2-1-3-10-5-7-11(9-12)8-6-10/h3,11H,1-2,4-9H2. The third kappa shape index (κ3) is 2.43. The van der Waals surface area contributed by atoms with Crippen molar-refractivity contribution in [3.05, 3.63) is 11.6 Å². The molecule has 3 rings (SSSR count). The Kier molecular flexibility index (Phi) is 2.82. The van der Waals surface area contributed by atoms with Gasteiger partial charge in [0.1, 0.15) is 5.78 Å². The predicted octanol–water partition coefficient (Wildman–Crippen LogP) is 3.25. The van der Waals surface area contributed by atoms with Gasteiger partial charge >= 0.3 is 0 Å². The largest absolute Gasteiger partial charge is 0.300 e. The Bertz CT molecular complexity index is 217. The molecule has 3 aliphatic carbocycles. The van der Waals surface area contributed by atoms with Crippen LogP contribution in [0, 0.1) is 5.92 Å². The first kappa shape index (κ1) is 8.98. The van der Waals surface area contributed by atoms with Crippen LogP contribution in [-0.2, 0) is 4.79 Å². The van der Waals surface area contributed by atoms with Gasteiger partial charge in [-0.1, -0.05) is 11.6 Å². The summed E-state index contributed by atoms with van der Waals surface area (Å²) in [5, 5.41) is 0. The maximum atomic E-state index is 11.5. The molecule has 1 nitrogen and oxygen atoms in total. The van der Waals surface area contributed by atoms with Crippen LogP contribution in [0.2, 0.25) is 0 Å². The highest BCUT2D eigenvalue weighted by Crippen LogP contribution is 2.32. The van der Waals surface area contributed by atoms with E-state index in [9.17, 15) is 4.79 Å². The van der Waals surface area contributed by atoms with Crippen molar-refractivity contribution in [2.45, 2.75) is 51.4 Å². The molecule has 3 aliphatic rings. The van der Waals surface area contributed by atoms with Gasteiger partial charge in [-0.3, -0.25) is 4.79 Å². The molecule has 1 saturated carbocycles. The molecule has 0 saturated heterocycles. The molecule has 0 spiro atoms. The Morgan fingerprint density at radius 1 is 1.15 bits per heavy atom. The van der Waals surface area contributed by atoms with Gasteiger partial charge in [0.25, 0.3) is 0 Å². The zero-order valence-corrected chi connectivity index (χ0v) is 8.22. The van der Waals surface area contributed by atoms with Crippen LogP contribution in [0.1, 0.15) is 51.4 Å². The summed E-state index contributed by atoms with van der Waals surface area (Å²) in [6, 6.07) is 0. The fraction of sp³-hybridized carbons (Fsp3) is 0.750. The van der Waals surface area contributed by atoms with Crippen molar-refractivity contribution in [3.63, 3.8) is 0 Å². The summed E-state index contributed by atoms with van der Waals surface area (Å²) in [5.41, 5.74) is 1.66. The average molecular weight is 178 g/mol. The molecule has 0 radical (unpaired) electrons. The fourth-order valence-electron chi connectivity index (χ4n) is 2.49. The van der Waals surface area contributed by atoms with Gasteiger partial charge in [0.05, 0.1) is 0 Å². The molecule has 0 heterocycles. The van der Waals surface area contributed by atoms with E-state index < -0.39 is 0 Å². The molecule has 13 heavy (non-hydrogen) atoms. The third-order valence-corrected chi connectivity index (χ3v) is 3.36. The van der Waals surface area contributed by atoms with Gasteiger partial charge in [-0.25, -0.2) is 0 Å². The van der Waals surface area contributed by atoms with Crippen molar-refractivity contribution in [1.82, 2.24) is 0 Å². The van der Waals surface area contributed by atoms with E-state index in [0.29, 0.717) is 11.7 Å². The summed E-state index contributed by atoms with van der Waals surface area (Å²) in [6.45, 7) is 0. The number of carbonyl (C=O) groups is 1. The van der Waals surface area contributed by atoms with E-state index in [-0.39, 0.29) is 0 Å². The molecular weight excluding hydrogens is 160 g/mol. The van der Waals surface area contributed by atoms with E-state index >= 15 is 0 Å². The first-order valence-corrected chi connectivity index (χ1v) is 5.54. The van der Waals surface area contributed by atoms with Crippen LogP contribution < -0.4 is 0 Å². The van der Waals surface area contributed by atoms with E-state index in [1.807, 2.05) is 0 Å². The van der Waals surface area contributed by atoms with E-state index in [4.69, 9.17) is 0 Å². The lowest BCUT2D eigenvalue weighted by Crippen LogP contribution is -2.14. The van der Waals surface area contributed by atoms with Crippen molar-refractivity contribution in [2.24, 2.45) is 5.92 Å². The first-order chi connectivity index (χ1) is 6.34. The molecule has 0 unspecified atom stereocenters. The van der Waals surface area contributed by atoms with Crippen LogP contribution in [-0.4, -0.2) is 5.78 Å². The number of hydrogen-bond donors (Lipinski definition) is 0. The minimum absolute atomic E-state index is 0.503. The van der Waals surface area contributed by atoms with Crippen LogP contribution in [0.4, 0.5) is 0 Å². The first-order valence-electron chi connectivity index (χ1n) is 5.54. The number of ketones is 1. The highest BCUT2D eigenvalue weighted by atomic mass is 16.1. The van der Waals surface area contributed by atoms with E-state index in [0.717, 1.165) is 25.7 Å². The summed E-state index contributed by atoms with van der Waals surface area (Å²) in [7, 11) is 0. The third-order valence-electron chi connectivity index (χ3n) is 3.36. The average Bonchev–Trinajstić information content (AvgIpc) is 2.16. The van der Waals surface area contributed by atoms with Crippen LogP contribution in [0.25, 0.3) is 0 Å². The molecule has 0 atom stereocenters. The maximum Gasteiger partial charge on any atom is 0.133 e. The smallest absolute Gasteiger partial charge is 0.133 e. The van der Waals surface area contributed by atoms with Crippen molar-refractivity contribution in [3.8, 4) is 0 Å². The Labute approximate surface area is 80.2 Å². The van der Waals surface area contributed by atoms with E-state index in [1.165, 1.54) is 25.7 Å².